The number of nitrogens with two attached hydrogens (primary N) is 1. The molecule has 19 heavy (non-hydrogen) atoms. The maximum absolute atomic E-state index is 6.72. The highest BCUT2D eigenvalue weighted by molar-refractivity contribution is 5.51. The Kier molecular flexibility index (Phi) is 2.75. The van der Waals surface area contributed by atoms with Crippen LogP contribution in [-0.4, -0.2) is 12.1 Å². The molecular formula is C16H20N2O. The van der Waals surface area contributed by atoms with Crippen molar-refractivity contribution >= 4 is 0 Å². The number of fused-ring (bicyclic) bond motifs is 4. The highest BCUT2D eigenvalue weighted by atomic mass is 16.5. The first-order valence-corrected chi connectivity index (χ1v) is 6.76. The normalized spacial score (nSPS) is 30.8. The van der Waals surface area contributed by atoms with Crippen LogP contribution in [0.3, 0.4) is 0 Å². The van der Waals surface area contributed by atoms with E-state index >= 15 is 0 Å². The van der Waals surface area contributed by atoms with Gasteiger partial charge in [0.05, 0.1) is 18.3 Å². The van der Waals surface area contributed by atoms with Crippen LogP contribution in [0.15, 0.2) is 35.4 Å². The summed E-state index contributed by atoms with van der Waals surface area (Å²) in [7, 11) is 1.65. The molecule has 1 aromatic heterocycles. The molecule has 2 aliphatic rings. The van der Waals surface area contributed by atoms with Gasteiger partial charge < -0.3 is 10.5 Å². The molecule has 0 spiro atoms. The predicted molar refractivity (Wildman–Crippen MR) is 76.0 cm³/mol. The molecule has 2 N–H and O–H groups in total. The van der Waals surface area contributed by atoms with Crippen molar-refractivity contribution in [2.75, 3.05) is 7.11 Å². The molecule has 2 atom stereocenters. The van der Waals surface area contributed by atoms with E-state index in [-0.39, 0.29) is 0 Å². The van der Waals surface area contributed by atoms with E-state index in [1.165, 1.54) is 11.1 Å². The Morgan fingerprint density at radius 2 is 2.21 bits per heavy atom. The first-order valence-electron chi connectivity index (χ1n) is 6.76. The van der Waals surface area contributed by atoms with Crippen molar-refractivity contribution in [3.05, 3.63) is 46.7 Å². The van der Waals surface area contributed by atoms with Gasteiger partial charge in [-0.25, -0.2) is 4.98 Å². The number of hydrogen-bond acceptors (Lipinski definition) is 3. The largest absolute Gasteiger partial charge is 0.481 e. The molecule has 0 saturated carbocycles. The van der Waals surface area contributed by atoms with Gasteiger partial charge in [-0.3, -0.25) is 0 Å². The van der Waals surface area contributed by atoms with Crippen molar-refractivity contribution < 1.29 is 4.74 Å². The molecule has 1 aromatic rings. The van der Waals surface area contributed by atoms with Gasteiger partial charge in [0, 0.05) is 11.6 Å². The van der Waals surface area contributed by atoms with Gasteiger partial charge in [-0.2, -0.15) is 0 Å². The lowest BCUT2D eigenvalue weighted by atomic mass is 9.64. The Balaban J connectivity index is 2.23. The summed E-state index contributed by atoms with van der Waals surface area (Å²) < 4.78 is 5.23. The quantitative estimate of drug-likeness (QED) is 0.786. The number of ether oxygens (including phenoxy) is 1. The van der Waals surface area contributed by atoms with Gasteiger partial charge in [0.1, 0.15) is 0 Å². The number of aromatic nitrogens is 1. The van der Waals surface area contributed by atoms with Crippen LogP contribution in [0.2, 0.25) is 0 Å². The third kappa shape index (κ3) is 1.72. The van der Waals surface area contributed by atoms with Crippen molar-refractivity contribution in [1.29, 1.82) is 0 Å². The maximum Gasteiger partial charge on any atom is 0.213 e. The van der Waals surface area contributed by atoms with Crippen molar-refractivity contribution in [1.82, 2.24) is 4.98 Å². The van der Waals surface area contributed by atoms with E-state index in [2.05, 4.69) is 37.0 Å². The molecule has 0 radical (unpaired) electrons. The van der Waals surface area contributed by atoms with Gasteiger partial charge in [-0.1, -0.05) is 17.7 Å². The minimum atomic E-state index is -0.478. The number of pyridine rings is 1. The lowest BCUT2D eigenvalue weighted by molar-refractivity contribution is 0.384. The number of hydrogen-bond donors (Lipinski definition) is 1. The Morgan fingerprint density at radius 1 is 1.42 bits per heavy atom. The highest BCUT2D eigenvalue weighted by Gasteiger charge is 2.43. The van der Waals surface area contributed by atoms with Gasteiger partial charge in [-0.05, 0) is 44.2 Å². The first kappa shape index (κ1) is 12.4. The Hall–Kier alpha value is -1.61. The Morgan fingerprint density at radius 3 is 2.89 bits per heavy atom. The van der Waals surface area contributed by atoms with E-state index < -0.39 is 5.54 Å². The minimum absolute atomic E-state index is 0.478. The van der Waals surface area contributed by atoms with E-state index in [0.717, 1.165) is 24.1 Å². The summed E-state index contributed by atoms with van der Waals surface area (Å²) in [5, 5.41) is 0. The number of allylic oxidation sites excluding steroid dienone is 2. The Labute approximate surface area is 114 Å². The van der Waals surface area contributed by atoms with E-state index in [1.807, 2.05) is 6.07 Å². The molecule has 0 unspecified atom stereocenters. The summed E-state index contributed by atoms with van der Waals surface area (Å²) in [5.74, 6) is 1.15. The second-order valence-electron chi connectivity index (χ2n) is 5.56. The van der Waals surface area contributed by atoms with Crippen molar-refractivity contribution in [2.45, 2.75) is 32.2 Å². The van der Waals surface area contributed by atoms with Crippen molar-refractivity contribution in [3.8, 4) is 5.88 Å². The predicted octanol–water partition coefficient (Wildman–Crippen LogP) is 2.71. The summed E-state index contributed by atoms with van der Waals surface area (Å²) in [6.07, 6.45) is 6.42. The monoisotopic (exact) mass is 256 g/mol. The molecule has 0 fully saturated rings. The lowest BCUT2D eigenvalue weighted by Crippen LogP contribution is -2.46. The maximum atomic E-state index is 6.72. The Bertz CT molecular complexity index is 588. The van der Waals surface area contributed by atoms with Gasteiger partial charge in [-0.15, -0.1) is 0 Å². The van der Waals surface area contributed by atoms with Crippen LogP contribution in [0.5, 0.6) is 5.88 Å². The molecule has 100 valence electrons. The summed E-state index contributed by atoms with van der Waals surface area (Å²) in [4.78, 5) is 4.59. The van der Waals surface area contributed by atoms with Gasteiger partial charge >= 0.3 is 0 Å². The molecule has 3 nitrogen and oxygen atoms in total. The van der Waals surface area contributed by atoms with Crippen LogP contribution in [0.4, 0.5) is 0 Å². The summed E-state index contributed by atoms with van der Waals surface area (Å²) in [6, 6.07) is 3.97. The third-order valence-electron chi connectivity index (χ3n) is 4.31. The van der Waals surface area contributed by atoms with Crippen LogP contribution >= 0.6 is 0 Å². The zero-order chi connectivity index (χ0) is 13.6. The molecule has 0 amide bonds. The molecule has 0 saturated heterocycles. The fourth-order valence-electron chi connectivity index (χ4n) is 3.62. The summed E-state index contributed by atoms with van der Waals surface area (Å²) >= 11 is 0. The lowest BCUT2D eigenvalue weighted by Gasteiger charge is -2.44. The highest BCUT2D eigenvalue weighted by Crippen LogP contribution is 2.47. The van der Waals surface area contributed by atoms with E-state index in [4.69, 9.17) is 10.5 Å². The van der Waals surface area contributed by atoms with E-state index in [0.29, 0.717) is 11.8 Å². The van der Waals surface area contributed by atoms with E-state index in [9.17, 15) is 0 Å². The van der Waals surface area contributed by atoms with Crippen LogP contribution in [0.1, 0.15) is 31.5 Å². The average molecular weight is 256 g/mol. The fourth-order valence-corrected chi connectivity index (χ4v) is 3.62. The first-order chi connectivity index (χ1) is 9.08. The second-order valence-corrected chi connectivity index (χ2v) is 5.56. The molecule has 2 aliphatic carbocycles. The zero-order valence-electron chi connectivity index (χ0n) is 11.7. The molecule has 3 heteroatoms. The number of nitrogens with zero attached hydrogens (tertiary/aromatic N) is 1. The zero-order valence-corrected chi connectivity index (χ0v) is 11.7. The van der Waals surface area contributed by atoms with Crippen LogP contribution in [0, 0.1) is 5.92 Å². The molecule has 1 heterocycles. The molecule has 3 rings (SSSR count). The van der Waals surface area contributed by atoms with Crippen LogP contribution in [-0.2, 0) is 12.0 Å². The number of rotatable bonds is 1. The molecule has 0 aliphatic heterocycles. The SMILES string of the molecule is CC=C1[C@H]2CC(C)=C[C@]1(N)c1ccc(OC)nc1C2. The smallest absolute Gasteiger partial charge is 0.213 e. The van der Waals surface area contributed by atoms with Crippen LogP contribution < -0.4 is 10.5 Å². The minimum Gasteiger partial charge on any atom is -0.481 e. The molecule has 0 aromatic carbocycles. The van der Waals surface area contributed by atoms with Gasteiger partial charge in [0.25, 0.3) is 0 Å². The topological polar surface area (TPSA) is 48.1 Å². The summed E-state index contributed by atoms with van der Waals surface area (Å²) in [5.41, 5.74) is 11.2. The van der Waals surface area contributed by atoms with Crippen molar-refractivity contribution in [2.24, 2.45) is 11.7 Å². The number of methoxy groups -OCH3 is 1. The molecule has 2 bridgehead atoms. The standard InChI is InChI=1S/C16H20N2O/c1-4-12-11-7-10(2)9-16(12,17)13-5-6-15(19-3)18-14(13)8-11/h4-6,9,11H,7-8,17H2,1-3H3/t11-,16+/m0/s1. The van der Waals surface area contributed by atoms with E-state index in [1.54, 1.807) is 7.11 Å². The van der Waals surface area contributed by atoms with Gasteiger partial charge in [0.2, 0.25) is 5.88 Å². The third-order valence-corrected chi connectivity index (χ3v) is 4.31. The van der Waals surface area contributed by atoms with Crippen LogP contribution in [0.25, 0.3) is 0 Å². The molecular weight excluding hydrogens is 236 g/mol. The van der Waals surface area contributed by atoms with Gasteiger partial charge in [0.15, 0.2) is 0 Å². The fraction of sp³-hybridized carbons (Fsp3) is 0.438. The average Bonchev–Trinajstić information content (AvgIpc) is 2.37. The summed E-state index contributed by atoms with van der Waals surface area (Å²) in [6.45, 7) is 4.25. The van der Waals surface area contributed by atoms with Crippen molar-refractivity contribution in [3.63, 3.8) is 0 Å². The second kappa shape index (κ2) is 4.20.